The third-order valence-electron chi connectivity index (χ3n) is 4.16. The van der Waals surface area contributed by atoms with Gasteiger partial charge in [-0.1, -0.05) is 37.3 Å². The molecule has 0 aliphatic carbocycles. The molecule has 1 fully saturated rings. The first kappa shape index (κ1) is 17.9. The largest absolute Gasteiger partial charge is 0.340 e. The van der Waals surface area contributed by atoms with E-state index in [1.807, 2.05) is 37.3 Å². The van der Waals surface area contributed by atoms with Crippen LogP contribution in [0.1, 0.15) is 31.7 Å². The number of benzene rings is 1. The van der Waals surface area contributed by atoms with Crippen molar-refractivity contribution >= 4 is 15.9 Å². The number of aryl methyl sites for hydroxylation is 1. The lowest BCUT2D eigenvalue weighted by Crippen LogP contribution is -2.51. The highest BCUT2D eigenvalue weighted by molar-refractivity contribution is 7.89. The summed E-state index contributed by atoms with van der Waals surface area (Å²) in [6, 6.07) is 9.93. The highest BCUT2D eigenvalue weighted by Crippen LogP contribution is 2.12. The van der Waals surface area contributed by atoms with Gasteiger partial charge in [0, 0.05) is 32.6 Å². The van der Waals surface area contributed by atoms with E-state index in [4.69, 9.17) is 0 Å². The number of sulfonamides is 1. The Morgan fingerprint density at radius 3 is 2.35 bits per heavy atom. The number of hydrogen-bond acceptors (Lipinski definition) is 3. The van der Waals surface area contributed by atoms with Gasteiger partial charge in [-0.25, -0.2) is 8.42 Å². The predicted molar refractivity (Wildman–Crippen MR) is 91.6 cm³/mol. The van der Waals surface area contributed by atoms with Gasteiger partial charge in [0.05, 0.1) is 5.75 Å². The summed E-state index contributed by atoms with van der Waals surface area (Å²) in [6.07, 6.45) is 2.77. The average Bonchev–Trinajstić information content (AvgIpc) is 2.56. The Balaban J connectivity index is 1.78. The van der Waals surface area contributed by atoms with Crippen molar-refractivity contribution in [3.05, 3.63) is 35.9 Å². The smallest absolute Gasteiger partial charge is 0.222 e. The van der Waals surface area contributed by atoms with Gasteiger partial charge < -0.3 is 4.90 Å². The van der Waals surface area contributed by atoms with Crippen LogP contribution in [0.2, 0.25) is 0 Å². The van der Waals surface area contributed by atoms with Crippen LogP contribution in [0.3, 0.4) is 0 Å². The molecular formula is C17H26N2O3S. The number of hydrogen-bond donors (Lipinski definition) is 0. The Labute approximate surface area is 139 Å². The molecule has 0 atom stereocenters. The zero-order valence-corrected chi connectivity index (χ0v) is 14.6. The first-order valence-corrected chi connectivity index (χ1v) is 9.93. The minimum Gasteiger partial charge on any atom is -0.340 e. The second-order valence-corrected chi connectivity index (χ2v) is 8.02. The number of rotatable bonds is 7. The van der Waals surface area contributed by atoms with E-state index in [0.717, 1.165) is 18.4 Å². The summed E-state index contributed by atoms with van der Waals surface area (Å²) in [7, 11) is -3.22. The fourth-order valence-electron chi connectivity index (χ4n) is 2.82. The minimum atomic E-state index is -3.22. The quantitative estimate of drug-likeness (QED) is 0.763. The van der Waals surface area contributed by atoms with Gasteiger partial charge >= 0.3 is 0 Å². The van der Waals surface area contributed by atoms with E-state index >= 15 is 0 Å². The molecule has 1 aromatic carbocycles. The highest BCUT2D eigenvalue weighted by atomic mass is 32.2. The molecule has 0 aromatic heterocycles. The zero-order valence-electron chi connectivity index (χ0n) is 13.8. The van der Waals surface area contributed by atoms with Gasteiger partial charge in [0.15, 0.2) is 0 Å². The molecule has 0 bridgehead atoms. The standard InChI is InChI=1S/C17H26N2O3S/c1-2-7-17(20)18-11-13-19(14-12-18)23(21,22)15-6-10-16-8-4-3-5-9-16/h3-5,8-9H,2,6-7,10-15H2,1H3. The normalized spacial score (nSPS) is 16.5. The maximum absolute atomic E-state index is 12.4. The Morgan fingerprint density at radius 2 is 1.74 bits per heavy atom. The van der Waals surface area contributed by atoms with Crippen molar-refractivity contribution in [2.24, 2.45) is 0 Å². The van der Waals surface area contributed by atoms with Gasteiger partial charge in [-0.3, -0.25) is 4.79 Å². The summed E-state index contributed by atoms with van der Waals surface area (Å²) in [5.41, 5.74) is 1.16. The van der Waals surface area contributed by atoms with Gasteiger partial charge in [0.25, 0.3) is 0 Å². The molecule has 2 rings (SSSR count). The van der Waals surface area contributed by atoms with Crippen molar-refractivity contribution in [3.63, 3.8) is 0 Å². The van der Waals surface area contributed by atoms with Crippen LogP contribution in [-0.2, 0) is 21.2 Å². The first-order valence-electron chi connectivity index (χ1n) is 8.32. The molecule has 128 valence electrons. The van der Waals surface area contributed by atoms with Gasteiger partial charge in [-0.15, -0.1) is 0 Å². The van der Waals surface area contributed by atoms with Crippen LogP contribution in [0, 0.1) is 0 Å². The van der Waals surface area contributed by atoms with Crippen molar-refractivity contribution in [1.82, 2.24) is 9.21 Å². The summed E-state index contributed by atoms with van der Waals surface area (Å²) >= 11 is 0. The SMILES string of the molecule is CCCC(=O)N1CCN(S(=O)(=O)CCCc2ccccc2)CC1. The molecule has 0 saturated carbocycles. The van der Waals surface area contributed by atoms with Crippen LogP contribution in [0.5, 0.6) is 0 Å². The maximum atomic E-state index is 12.4. The maximum Gasteiger partial charge on any atom is 0.222 e. The average molecular weight is 338 g/mol. The lowest BCUT2D eigenvalue weighted by Gasteiger charge is -2.34. The van der Waals surface area contributed by atoms with Crippen LogP contribution in [0.4, 0.5) is 0 Å². The van der Waals surface area contributed by atoms with Gasteiger partial charge in [-0.2, -0.15) is 4.31 Å². The molecular weight excluding hydrogens is 312 g/mol. The van der Waals surface area contributed by atoms with E-state index in [1.54, 1.807) is 4.90 Å². The molecule has 23 heavy (non-hydrogen) atoms. The molecule has 5 nitrogen and oxygen atoms in total. The van der Waals surface area contributed by atoms with E-state index in [-0.39, 0.29) is 11.7 Å². The minimum absolute atomic E-state index is 0.133. The molecule has 1 heterocycles. The fraction of sp³-hybridized carbons (Fsp3) is 0.588. The molecule has 0 unspecified atom stereocenters. The lowest BCUT2D eigenvalue weighted by molar-refractivity contribution is -0.132. The van der Waals surface area contributed by atoms with E-state index in [1.165, 1.54) is 4.31 Å². The van der Waals surface area contributed by atoms with E-state index < -0.39 is 10.0 Å². The van der Waals surface area contributed by atoms with Gasteiger partial charge in [-0.05, 0) is 24.8 Å². The summed E-state index contributed by atoms with van der Waals surface area (Å²) in [5, 5.41) is 0. The van der Waals surface area contributed by atoms with Gasteiger partial charge in [0.1, 0.15) is 0 Å². The molecule has 1 aliphatic rings. The lowest BCUT2D eigenvalue weighted by atomic mass is 10.1. The summed E-state index contributed by atoms with van der Waals surface area (Å²) in [5.74, 6) is 0.304. The molecule has 1 aliphatic heterocycles. The Bertz CT molecular complexity index is 594. The monoisotopic (exact) mass is 338 g/mol. The topological polar surface area (TPSA) is 57.7 Å². The third-order valence-corrected chi connectivity index (χ3v) is 6.12. The molecule has 1 amide bonds. The number of carbonyl (C=O) groups excluding carboxylic acids is 1. The van der Waals surface area contributed by atoms with Crippen molar-refractivity contribution in [3.8, 4) is 0 Å². The van der Waals surface area contributed by atoms with Crippen LogP contribution in [-0.4, -0.2) is 55.5 Å². The zero-order chi connectivity index (χ0) is 16.7. The van der Waals surface area contributed by atoms with Gasteiger partial charge in [0.2, 0.25) is 15.9 Å². The number of carbonyl (C=O) groups is 1. The molecule has 0 N–H and O–H groups in total. The van der Waals surface area contributed by atoms with Crippen LogP contribution in [0.15, 0.2) is 30.3 Å². The predicted octanol–water partition coefficient (Wildman–Crippen LogP) is 1.89. The first-order chi connectivity index (χ1) is 11.0. The van der Waals surface area contributed by atoms with E-state index in [2.05, 4.69) is 0 Å². The van der Waals surface area contributed by atoms with Crippen molar-refractivity contribution in [2.45, 2.75) is 32.6 Å². The van der Waals surface area contributed by atoms with Crippen LogP contribution >= 0.6 is 0 Å². The van der Waals surface area contributed by atoms with E-state index in [9.17, 15) is 13.2 Å². The summed E-state index contributed by atoms with van der Waals surface area (Å²) in [4.78, 5) is 13.6. The van der Waals surface area contributed by atoms with Crippen molar-refractivity contribution in [1.29, 1.82) is 0 Å². The Morgan fingerprint density at radius 1 is 1.09 bits per heavy atom. The number of amides is 1. The molecule has 1 aromatic rings. The molecule has 1 saturated heterocycles. The molecule has 6 heteroatoms. The Hall–Kier alpha value is -1.40. The van der Waals surface area contributed by atoms with Crippen molar-refractivity contribution in [2.75, 3.05) is 31.9 Å². The molecule has 0 radical (unpaired) electrons. The second-order valence-electron chi connectivity index (χ2n) is 5.93. The highest BCUT2D eigenvalue weighted by Gasteiger charge is 2.27. The van der Waals surface area contributed by atoms with Crippen molar-refractivity contribution < 1.29 is 13.2 Å². The van der Waals surface area contributed by atoms with Crippen LogP contribution in [0.25, 0.3) is 0 Å². The Kier molecular flexibility index (Phi) is 6.59. The summed E-state index contributed by atoms with van der Waals surface area (Å²) < 4.78 is 26.3. The third kappa shape index (κ3) is 5.32. The fourth-order valence-corrected chi connectivity index (χ4v) is 4.31. The summed E-state index contributed by atoms with van der Waals surface area (Å²) in [6.45, 7) is 3.84. The number of nitrogens with zero attached hydrogens (tertiary/aromatic N) is 2. The van der Waals surface area contributed by atoms with Crippen LogP contribution < -0.4 is 0 Å². The number of piperazine rings is 1. The second kappa shape index (κ2) is 8.45. The molecule has 0 spiro atoms. The van der Waals surface area contributed by atoms with E-state index in [0.29, 0.717) is 39.0 Å².